The van der Waals surface area contributed by atoms with Gasteiger partial charge in [0.2, 0.25) is 11.8 Å². The molecule has 0 bridgehead atoms. The van der Waals surface area contributed by atoms with Crippen LogP contribution < -0.4 is 16.4 Å². The van der Waals surface area contributed by atoms with Crippen LogP contribution in [0.3, 0.4) is 0 Å². The molecule has 0 aromatic heterocycles. The van der Waals surface area contributed by atoms with Crippen LogP contribution in [0.5, 0.6) is 0 Å². The molecule has 0 radical (unpaired) electrons. The minimum absolute atomic E-state index is 0.00514. The first kappa shape index (κ1) is 20.5. The normalized spacial score (nSPS) is 22.4. The Morgan fingerprint density at radius 1 is 1.12 bits per heavy atom. The molecule has 2 fully saturated rings. The number of nitrogens with zero attached hydrogens (tertiary/aromatic N) is 1. The maximum atomic E-state index is 12.2. The molecular formula is C18H34N4O2S. The number of carbonyl (C=O) groups is 2. The van der Waals surface area contributed by atoms with Crippen molar-refractivity contribution in [2.45, 2.75) is 57.5 Å². The highest BCUT2D eigenvalue weighted by molar-refractivity contribution is 7.99. The zero-order valence-electron chi connectivity index (χ0n) is 15.7. The molecule has 1 aliphatic carbocycles. The lowest BCUT2D eigenvalue weighted by Gasteiger charge is -2.48. The van der Waals surface area contributed by atoms with Gasteiger partial charge in [-0.25, -0.2) is 0 Å². The third-order valence-corrected chi connectivity index (χ3v) is 6.47. The van der Waals surface area contributed by atoms with Gasteiger partial charge in [-0.3, -0.25) is 14.5 Å². The molecular weight excluding hydrogens is 336 g/mol. The summed E-state index contributed by atoms with van der Waals surface area (Å²) < 4.78 is 0. The zero-order valence-corrected chi connectivity index (χ0v) is 16.5. The molecule has 1 heterocycles. The molecule has 4 N–H and O–H groups in total. The molecule has 1 aliphatic heterocycles. The zero-order chi connectivity index (χ0) is 18.3. The van der Waals surface area contributed by atoms with Gasteiger partial charge in [-0.2, -0.15) is 11.8 Å². The lowest BCUT2D eigenvalue weighted by molar-refractivity contribution is -0.127. The molecule has 1 saturated carbocycles. The molecule has 0 spiro atoms. The predicted octanol–water partition coefficient (Wildman–Crippen LogP) is 0.954. The largest absolute Gasteiger partial charge is 0.353 e. The highest BCUT2D eigenvalue weighted by Crippen LogP contribution is 2.34. The lowest BCUT2D eigenvalue weighted by Crippen LogP contribution is -2.59. The van der Waals surface area contributed by atoms with E-state index >= 15 is 0 Å². The monoisotopic (exact) mass is 370 g/mol. The van der Waals surface area contributed by atoms with E-state index in [-0.39, 0.29) is 29.8 Å². The van der Waals surface area contributed by atoms with Crippen molar-refractivity contribution in [3.63, 3.8) is 0 Å². The maximum Gasteiger partial charge on any atom is 0.239 e. The van der Waals surface area contributed by atoms with E-state index in [1.54, 1.807) is 0 Å². The average Bonchev–Trinajstić information content (AvgIpc) is 2.65. The summed E-state index contributed by atoms with van der Waals surface area (Å²) in [6.07, 6.45) is 6.07. The number of nitrogens with one attached hydrogen (secondary N) is 2. The minimum atomic E-state index is -0.566. The number of amides is 2. The van der Waals surface area contributed by atoms with E-state index in [1.165, 1.54) is 30.8 Å². The van der Waals surface area contributed by atoms with Crippen LogP contribution in [0, 0.1) is 5.92 Å². The topological polar surface area (TPSA) is 87.5 Å². The Kier molecular flexibility index (Phi) is 8.03. The van der Waals surface area contributed by atoms with Gasteiger partial charge in [-0.05, 0) is 18.8 Å². The van der Waals surface area contributed by atoms with Crippen LogP contribution in [0.1, 0.15) is 46.0 Å². The van der Waals surface area contributed by atoms with Crippen molar-refractivity contribution in [3.8, 4) is 0 Å². The SMILES string of the molecule is CC(C)[C@H](N)C(=O)NCC(=O)NCC1(N2CCSCC2)CCCCC1. The number of hydrogen-bond acceptors (Lipinski definition) is 5. The average molecular weight is 371 g/mol. The van der Waals surface area contributed by atoms with Crippen LogP contribution in [0.2, 0.25) is 0 Å². The van der Waals surface area contributed by atoms with E-state index in [0.29, 0.717) is 6.54 Å². The highest BCUT2D eigenvalue weighted by Gasteiger charge is 2.38. The van der Waals surface area contributed by atoms with Gasteiger partial charge in [0.15, 0.2) is 0 Å². The van der Waals surface area contributed by atoms with Gasteiger partial charge >= 0.3 is 0 Å². The number of rotatable bonds is 7. The summed E-state index contributed by atoms with van der Waals surface area (Å²) in [6.45, 7) is 6.71. The number of carbonyl (C=O) groups excluding carboxylic acids is 2. The Bertz CT molecular complexity index is 446. The molecule has 0 unspecified atom stereocenters. The van der Waals surface area contributed by atoms with Crippen molar-refractivity contribution in [1.29, 1.82) is 0 Å². The Morgan fingerprint density at radius 3 is 2.36 bits per heavy atom. The van der Waals surface area contributed by atoms with Gasteiger partial charge in [0.1, 0.15) is 0 Å². The predicted molar refractivity (Wildman–Crippen MR) is 104 cm³/mol. The summed E-state index contributed by atoms with van der Waals surface area (Å²) in [5.74, 6) is 2.04. The van der Waals surface area contributed by atoms with Crippen LogP contribution >= 0.6 is 11.8 Å². The van der Waals surface area contributed by atoms with E-state index < -0.39 is 6.04 Å². The van der Waals surface area contributed by atoms with Crippen molar-refractivity contribution in [2.75, 3.05) is 37.7 Å². The Labute approximate surface area is 156 Å². The first-order chi connectivity index (χ1) is 11.9. The van der Waals surface area contributed by atoms with Crippen molar-refractivity contribution < 1.29 is 9.59 Å². The molecule has 144 valence electrons. The fourth-order valence-electron chi connectivity index (χ4n) is 3.77. The Morgan fingerprint density at radius 2 is 1.76 bits per heavy atom. The molecule has 2 rings (SSSR count). The Hall–Kier alpha value is -0.790. The van der Waals surface area contributed by atoms with E-state index in [9.17, 15) is 9.59 Å². The molecule has 2 amide bonds. The van der Waals surface area contributed by atoms with Gasteiger partial charge in [0, 0.05) is 36.7 Å². The third kappa shape index (κ3) is 5.86. The highest BCUT2D eigenvalue weighted by atomic mass is 32.2. The number of thioether (sulfide) groups is 1. The first-order valence-electron chi connectivity index (χ1n) is 9.57. The summed E-state index contributed by atoms with van der Waals surface area (Å²) in [6, 6.07) is -0.566. The molecule has 6 nitrogen and oxygen atoms in total. The standard InChI is InChI=1S/C18H34N4O2S/c1-14(2)16(19)17(24)20-12-15(23)21-13-18(6-4-3-5-7-18)22-8-10-25-11-9-22/h14,16H,3-13,19H2,1-2H3,(H,20,24)(H,21,23)/t16-/m0/s1. The van der Waals surface area contributed by atoms with Crippen LogP contribution in [-0.4, -0.2) is 66.0 Å². The minimum Gasteiger partial charge on any atom is -0.353 e. The van der Waals surface area contributed by atoms with E-state index in [1.807, 2.05) is 25.6 Å². The van der Waals surface area contributed by atoms with Crippen LogP contribution in [0.4, 0.5) is 0 Å². The second-order valence-electron chi connectivity index (χ2n) is 7.65. The maximum absolute atomic E-state index is 12.2. The smallest absolute Gasteiger partial charge is 0.239 e. The summed E-state index contributed by atoms with van der Waals surface area (Å²) in [5, 5.41) is 5.72. The number of hydrogen-bond donors (Lipinski definition) is 3. The fourth-order valence-corrected chi connectivity index (χ4v) is 4.67. The van der Waals surface area contributed by atoms with E-state index in [0.717, 1.165) is 25.9 Å². The molecule has 0 aromatic carbocycles. The second kappa shape index (κ2) is 9.78. The second-order valence-corrected chi connectivity index (χ2v) is 8.87. The summed E-state index contributed by atoms with van der Waals surface area (Å²) in [5.41, 5.74) is 5.91. The Balaban J connectivity index is 1.83. The van der Waals surface area contributed by atoms with Crippen LogP contribution in [-0.2, 0) is 9.59 Å². The van der Waals surface area contributed by atoms with Crippen molar-refractivity contribution in [2.24, 2.45) is 11.7 Å². The van der Waals surface area contributed by atoms with E-state index in [2.05, 4.69) is 15.5 Å². The van der Waals surface area contributed by atoms with Crippen molar-refractivity contribution in [3.05, 3.63) is 0 Å². The molecule has 1 saturated heterocycles. The van der Waals surface area contributed by atoms with Gasteiger partial charge in [-0.15, -0.1) is 0 Å². The van der Waals surface area contributed by atoms with Crippen molar-refractivity contribution in [1.82, 2.24) is 15.5 Å². The van der Waals surface area contributed by atoms with Crippen LogP contribution in [0.25, 0.3) is 0 Å². The molecule has 25 heavy (non-hydrogen) atoms. The summed E-state index contributed by atoms with van der Waals surface area (Å²) >= 11 is 2.01. The van der Waals surface area contributed by atoms with Gasteiger partial charge < -0.3 is 16.4 Å². The fraction of sp³-hybridized carbons (Fsp3) is 0.889. The summed E-state index contributed by atoms with van der Waals surface area (Å²) in [7, 11) is 0. The molecule has 2 aliphatic rings. The number of nitrogens with two attached hydrogens (primary N) is 1. The quantitative estimate of drug-likeness (QED) is 0.621. The summed E-state index contributed by atoms with van der Waals surface area (Å²) in [4.78, 5) is 26.7. The first-order valence-corrected chi connectivity index (χ1v) is 10.7. The molecule has 1 atom stereocenters. The molecule has 7 heteroatoms. The molecule has 0 aromatic rings. The third-order valence-electron chi connectivity index (χ3n) is 5.52. The lowest BCUT2D eigenvalue weighted by atomic mass is 9.80. The van der Waals surface area contributed by atoms with Gasteiger partial charge in [0.25, 0.3) is 0 Å². The van der Waals surface area contributed by atoms with Crippen molar-refractivity contribution >= 4 is 23.6 Å². The van der Waals surface area contributed by atoms with Crippen LogP contribution in [0.15, 0.2) is 0 Å². The van der Waals surface area contributed by atoms with E-state index in [4.69, 9.17) is 5.73 Å². The van der Waals surface area contributed by atoms with Gasteiger partial charge in [-0.1, -0.05) is 33.1 Å². The van der Waals surface area contributed by atoms with Gasteiger partial charge in [0.05, 0.1) is 12.6 Å².